The molecule has 1 fully saturated rings. The van der Waals surface area contributed by atoms with Gasteiger partial charge in [0.2, 0.25) is 0 Å². The Bertz CT molecular complexity index is 266. The third-order valence-electron chi connectivity index (χ3n) is 2.38. The molecule has 0 amide bonds. The van der Waals surface area contributed by atoms with E-state index in [0.717, 1.165) is 19.4 Å². The Morgan fingerprint density at radius 3 is 3.08 bits per heavy atom. The molecular formula is C9H15N3. The molecule has 1 aliphatic carbocycles. The zero-order valence-corrected chi connectivity index (χ0v) is 7.40. The molecule has 0 aromatic carbocycles. The third-order valence-corrected chi connectivity index (χ3v) is 2.38. The summed E-state index contributed by atoms with van der Waals surface area (Å²) < 4.78 is 2.22. The Balaban J connectivity index is 2.14. The summed E-state index contributed by atoms with van der Waals surface area (Å²) in [7, 11) is 0. The van der Waals surface area contributed by atoms with Gasteiger partial charge < -0.3 is 10.3 Å². The van der Waals surface area contributed by atoms with Crippen LogP contribution in [0.1, 0.15) is 31.5 Å². The second-order valence-electron chi connectivity index (χ2n) is 3.48. The maximum atomic E-state index is 5.77. The van der Waals surface area contributed by atoms with E-state index in [1.165, 1.54) is 5.82 Å². The quantitative estimate of drug-likeness (QED) is 0.729. The van der Waals surface area contributed by atoms with Crippen LogP contribution in [-0.4, -0.2) is 15.6 Å². The van der Waals surface area contributed by atoms with Crippen molar-refractivity contribution in [2.24, 2.45) is 5.73 Å². The number of aromatic nitrogens is 2. The molecule has 1 aromatic heterocycles. The van der Waals surface area contributed by atoms with E-state index in [9.17, 15) is 0 Å². The molecule has 1 aromatic rings. The average molecular weight is 165 g/mol. The van der Waals surface area contributed by atoms with Gasteiger partial charge in [-0.3, -0.25) is 0 Å². The maximum absolute atomic E-state index is 5.77. The summed E-state index contributed by atoms with van der Waals surface area (Å²) in [5.41, 5.74) is 5.77. The molecule has 1 aliphatic rings. The van der Waals surface area contributed by atoms with Crippen LogP contribution >= 0.6 is 0 Å². The second kappa shape index (κ2) is 2.90. The zero-order valence-electron chi connectivity index (χ0n) is 7.40. The minimum Gasteiger partial charge on any atom is -0.335 e. The number of hydrogen-bond acceptors (Lipinski definition) is 2. The van der Waals surface area contributed by atoms with E-state index in [0.29, 0.717) is 12.0 Å². The Morgan fingerprint density at radius 2 is 2.50 bits per heavy atom. The smallest absolute Gasteiger partial charge is 0.113 e. The predicted molar refractivity (Wildman–Crippen MR) is 47.9 cm³/mol. The minimum atomic E-state index is 0.364. The molecule has 1 heterocycles. The van der Waals surface area contributed by atoms with E-state index in [4.69, 9.17) is 5.73 Å². The standard InChI is InChI=1S/C9H15N3/c1-2-4-12-5-3-11-9(12)7-6-8(7)10/h3,5,7-8H,2,4,6,10H2,1H3. The van der Waals surface area contributed by atoms with Gasteiger partial charge in [0, 0.05) is 30.9 Å². The summed E-state index contributed by atoms with van der Waals surface area (Å²) in [6.07, 6.45) is 6.19. The normalized spacial score (nSPS) is 27.5. The van der Waals surface area contributed by atoms with E-state index in [-0.39, 0.29) is 0 Å². The summed E-state index contributed by atoms with van der Waals surface area (Å²) in [6, 6.07) is 0.364. The molecule has 2 N–H and O–H groups in total. The van der Waals surface area contributed by atoms with Crippen molar-refractivity contribution in [1.82, 2.24) is 9.55 Å². The van der Waals surface area contributed by atoms with Crippen molar-refractivity contribution in [1.29, 1.82) is 0 Å². The largest absolute Gasteiger partial charge is 0.335 e. The topological polar surface area (TPSA) is 43.8 Å². The SMILES string of the molecule is CCCn1ccnc1C1CC1N. The summed E-state index contributed by atoms with van der Waals surface area (Å²) in [6.45, 7) is 3.25. The zero-order chi connectivity index (χ0) is 8.55. The number of nitrogens with two attached hydrogens (primary N) is 1. The molecule has 0 radical (unpaired) electrons. The second-order valence-corrected chi connectivity index (χ2v) is 3.48. The number of hydrogen-bond donors (Lipinski definition) is 1. The van der Waals surface area contributed by atoms with Crippen molar-refractivity contribution in [2.75, 3.05) is 0 Å². The molecule has 2 rings (SSSR count). The first-order valence-electron chi connectivity index (χ1n) is 4.59. The van der Waals surface area contributed by atoms with Crippen LogP contribution < -0.4 is 5.73 Å². The van der Waals surface area contributed by atoms with Crippen molar-refractivity contribution in [3.8, 4) is 0 Å². The van der Waals surface area contributed by atoms with E-state index in [2.05, 4.69) is 16.5 Å². The van der Waals surface area contributed by atoms with Crippen molar-refractivity contribution < 1.29 is 0 Å². The monoisotopic (exact) mass is 165 g/mol. The van der Waals surface area contributed by atoms with Gasteiger partial charge in [0.1, 0.15) is 5.82 Å². The summed E-state index contributed by atoms with van der Waals surface area (Å²) in [5.74, 6) is 1.72. The van der Waals surface area contributed by atoms with Gasteiger partial charge in [-0.25, -0.2) is 4.98 Å². The minimum absolute atomic E-state index is 0.364. The number of imidazole rings is 1. The van der Waals surface area contributed by atoms with Crippen LogP contribution in [0, 0.1) is 0 Å². The van der Waals surface area contributed by atoms with Crippen molar-refractivity contribution >= 4 is 0 Å². The van der Waals surface area contributed by atoms with Crippen LogP contribution in [0.15, 0.2) is 12.4 Å². The van der Waals surface area contributed by atoms with Crippen LogP contribution in [0.2, 0.25) is 0 Å². The lowest BCUT2D eigenvalue weighted by Crippen LogP contribution is -2.07. The molecule has 2 unspecified atom stereocenters. The highest BCUT2D eigenvalue weighted by atomic mass is 15.1. The Hall–Kier alpha value is -0.830. The Kier molecular flexibility index (Phi) is 1.89. The number of nitrogens with zero attached hydrogens (tertiary/aromatic N) is 2. The fraction of sp³-hybridized carbons (Fsp3) is 0.667. The third kappa shape index (κ3) is 1.25. The van der Waals surface area contributed by atoms with Crippen LogP contribution in [0.25, 0.3) is 0 Å². The van der Waals surface area contributed by atoms with Gasteiger partial charge >= 0.3 is 0 Å². The predicted octanol–water partition coefficient (Wildman–Crippen LogP) is 1.11. The number of rotatable bonds is 3. The molecular weight excluding hydrogens is 150 g/mol. The first kappa shape index (κ1) is 7.80. The maximum Gasteiger partial charge on any atom is 0.113 e. The lowest BCUT2D eigenvalue weighted by Gasteiger charge is -2.03. The lowest BCUT2D eigenvalue weighted by atomic mass is 10.3. The molecule has 0 bridgehead atoms. The van der Waals surface area contributed by atoms with Gasteiger partial charge in [0.25, 0.3) is 0 Å². The lowest BCUT2D eigenvalue weighted by molar-refractivity contribution is 0.635. The van der Waals surface area contributed by atoms with E-state index < -0.39 is 0 Å². The molecule has 12 heavy (non-hydrogen) atoms. The molecule has 3 nitrogen and oxygen atoms in total. The molecule has 66 valence electrons. The Labute approximate surface area is 72.6 Å². The molecule has 3 heteroatoms. The van der Waals surface area contributed by atoms with Crippen LogP contribution in [0.4, 0.5) is 0 Å². The van der Waals surface area contributed by atoms with Crippen molar-refractivity contribution in [3.05, 3.63) is 18.2 Å². The highest BCUT2D eigenvalue weighted by Crippen LogP contribution is 2.37. The Morgan fingerprint density at radius 1 is 1.75 bits per heavy atom. The number of aryl methyl sites for hydroxylation is 1. The summed E-state index contributed by atoms with van der Waals surface area (Å²) >= 11 is 0. The first-order chi connectivity index (χ1) is 5.83. The molecule has 2 atom stereocenters. The van der Waals surface area contributed by atoms with E-state index >= 15 is 0 Å². The van der Waals surface area contributed by atoms with E-state index in [1.807, 2.05) is 12.4 Å². The molecule has 0 saturated heterocycles. The van der Waals surface area contributed by atoms with E-state index in [1.54, 1.807) is 0 Å². The van der Waals surface area contributed by atoms with Crippen LogP contribution in [0.3, 0.4) is 0 Å². The van der Waals surface area contributed by atoms with Crippen LogP contribution in [-0.2, 0) is 6.54 Å². The van der Waals surface area contributed by atoms with Gasteiger partial charge in [-0.05, 0) is 12.8 Å². The van der Waals surface area contributed by atoms with Crippen molar-refractivity contribution in [3.63, 3.8) is 0 Å². The fourth-order valence-corrected chi connectivity index (χ4v) is 1.59. The van der Waals surface area contributed by atoms with Crippen molar-refractivity contribution in [2.45, 2.75) is 38.3 Å². The highest BCUT2D eigenvalue weighted by Gasteiger charge is 2.37. The van der Waals surface area contributed by atoms with Crippen LogP contribution in [0.5, 0.6) is 0 Å². The molecule has 0 aliphatic heterocycles. The van der Waals surface area contributed by atoms with Gasteiger partial charge in [0.05, 0.1) is 0 Å². The van der Waals surface area contributed by atoms with Gasteiger partial charge in [0.15, 0.2) is 0 Å². The fourth-order valence-electron chi connectivity index (χ4n) is 1.59. The van der Waals surface area contributed by atoms with Gasteiger partial charge in [-0.1, -0.05) is 6.92 Å². The highest BCUT2D eigenvalue weighted by molar-refractivity contribution is 5.14. The molecule has 0 spiro atoms. The van der Waals surface area contributed by atoms with Gasteiger partial charge in [-0.2, -0.15) is 0 Å². The van der Waals surface area contributed by atoms with Gasteiger partial charge in [-0.15, -0.1) is 0 Å². The molecule has 1 saturated carbocycles. The summed E-state index contributed by atoms with van der Waals surface area (Å²) in [4.78, 5) is 4.33. The summed E-state index contributed by atoms with van der Waals surface area (Å²) in [5, 5.41) is 0. The average Bonchev–Trinajstić information content (AvgIpc) is 2.62. The first-order valence-corrected chi connectivity index (χ1v) is 4.59.